The van der Waals surface area contributed by atoms with Crippen LogP contribution >= 0.6 is 50.9 Å². The molecule has 0 heterocycles. The number of nitrogens with one attached hydrogen (secondary N) is 1. The summed E-state index contributed by atoms with van der Waals surface area (Å²) in [6.07, 6.45) is 1.07. The highest BCUT2D eigenvalue weighted by Crippen LogP contribution is 2.27. The van der Waals surface area contributed by atoms with Gasteiger partial charge >= 0.3 is 0 Å². The van der Waals surface area contributed by atoms with Gasteiger partial charge in [-0.1, -0.05) is 41.4 Å². The fraction of sp³-hybridized carbons (Fsp3) is 0.278. The van der Waals surface area contributed by atoms with Crippen LogP contribution in [0.5, 0.6) is 0 Å². The normalized spacial score (nSPS) is 11.3. The van der Waals surface area contributed by atoms with E-state index in [4.69, 9.17) is 23.2 Å². The summed E-state index contributed by atoms with van der Waals surface area (Å²) in [6, 6.07) is 12.2. The highest BCUT2D eigenvalue weighted by molar-refractivity contribution is 9.10. The van der Waals surface area contributed by atoms with Gasteiger partial charge in [0, 0.05) is 32.6 Å². The van der Waals surface area contributed by atoms with Gasteiger partial charge in [-0.2, -0.15) is 11.8 Å². The number of carbonyl (C=O) groups excluding carboxylic acids is 1. The molecule has 1 amide bonds. The second-order valence-corrected chi connectivity index (χ2v) is 10.6. The van der Waals surface area contributed by atoms with Gasteiger partial charge in [-0.25, -0.2) is 8.42 Å². The van der Waals surface area contributed by atoms with Crippen LogP contribution in [0.2, 0.25) is 10.0 Å². The number of nitrogens with zero attached hydrogens (tertiary/aromatic N) is 1. The zero-order chi connectivity index (χ0) is 20.7. The lowest BCUT2D eigenvalue weighted by Crippen LogP contribution is -2.41. The van der Waals surface area contributed by atoms with E-state index in [1.807, 2.05) is 6.07 Å². The monoisotopic (exact) mass is 524 g/mol. The molecule has 0 saturated heterocycles. The highest BCUT2D eigenvalue weighted by Gasteiger charge is 2.22. The van der Waals surface area contributed by atoms with E-state index >= 15 is 0 Å². The van der Waals surface area contributed by atoms with Crippen molar-refractivity contribution < 1.29 is 13.2 Å². The summed E-state index contributed by atoms with van der Waals surface area (Å²) in [6.45, 7) is 0.136. The maximum atomic E-state index is 12.2. The lowest BCUT2D eigenvalue weighted by atomic mass is 10.2. The van der Waals surface area contributed by atoms with E-state index in [9.17, 15) is 13.2 Å². The smallest absolute Gasteiger partial charge is 0.240 e. The molecule has 28 heavy (non-hydrogen) atoms. The first-order valence-corrected chi connectivity index (χ1v) is 12.7. The molecule has 0 aliphatic heterocycles. The van der Waals surface area contributed by atoms with Gasteiger partial charge in [0.25, 0.3) is 0 Å². The van der Waals surface area contributed by atoms with E-state index in [1.165, 1.54) is 0 Å². The fourth-order valence-corrected chi connectivity index (χ4v) is 5.21. The second kappa shape index (κ2) is 10.7. The molecule has 0 atom stereocenters. The van der Waals surface area contributed by atoms with Crippen molar-refractivity contribution in [3.63, 3.8) is 0 Å². The van der Waals surface area contributed by atoms with Crippen molar-refractivity contribution in [3.8, 4) is 0 Å². The Morgan fingerprint density at radius 2 is 1.93 bits per heavy atom. The predicted octanol–water partition coefficient (Wildman–Crippen LogP) is 4.57. The average Bonchev–Trinajstić information content (AvgIpc) is 2.61. The number of carbonyl (C=O) groups is 1. The first kappa shape index (κ1) is 23.3. The van der Waals surface area contributed by atoms with Crippen molar-refractivity contribution in [2.45, 2.75) is 5.75 Å². The molecule has 0 bridgehead atoms. The third-order valence-corrected chi connectivity index (χ3v) is 7.04. The lowest BCUT2D eigenvalue weighted by molar-refractivity contribution is -0.119. The third-order valence-electron chi connectivity index (χ3n) is 3.65. The topological polar surface area (TPSA) is 66.5 Å². The molecule has 5 nitrogen and oxygen atoms in total. The van der Waals surface area contributed by atoms with E-state index in [0.29, 0.717) is 38.3 Å². The van der Waals surface area contributed by atoms with Crippen molar-refractivity contribution in [2.75, 3.05) is 29.4 Å². The molecule has 0 aliphatic rings. The average molecular weight is 526 g/mol. The largest absolute Gasteiger partial charge is 0.354 e. The molecule has 0 aromatic heterocycles. The maximum absolute atomic E-state index is 12.2. The number of benzene rings is 2. The molecule has 0 spiro atoms. The van der Waals surface area contributed by atoms with Gasteiger partial charge in [0.05, 0.1) is 11.9 Å². The van der Waals surface area contributed by atoms with Crippen LogP contribution in [0, 0.1) is 0 Å². The minimum Gasteiger partial charge on any atom is -0.354 e. The van der Waals surface area contributed by atoms with Crippen LogP contribution in [0.1, 0.15) is 5.56 Å². The summed E-state index contributed by atoms with van der Waals surface area (Å²) in [5, 5.41) is 3.95. The van der Waals surface area contributed by atoms with Gasteiger partial charge in [-0.15, -0.1) is 0 Å². The summed E-state index contributed by atoms with van der Waals surface area (Å²) >= 11 is 16.9. The van der Waals surface area contributed by atoms with Gasteiger partial charge in [0.15, 0.2) is 0 Å². The zero-order valence-corrected chi connectivity index (χ0v) is 19.7. The summed E-state index contributed by atoms with van der Waals surface area (Å²) in [5.74, 6) is 0.989. The minimum atomic E-state index is -3.60. The Kier molecular flexibility index (Phi) is 8.95. The number of amides is 1. The molecule has 0 aliphatic carbocycles. The summed E-state index contributed by atoms with van der Waals surface area (Å²) in [5.41, 5.74) is 1.39. The molecule has 2 rings (SSSR count). The van der Waals surface area contributed by atoms with Crippen LogP contribution in [0.4, 0.5) is 5.69 Å². The Morgan fingerprint density at radius 3 is 2.57 bits per heavy atom. The molecule has 152 valence electrons. The molecule has 1 N–H and O–H groups in total. The van der Waals surface area contributed by atoms with Crippen LogP contribution in [-0.4, -0.2) is 39.4 Å². The maximum Gasteiger partial charge on any atom is 0.240 e. The summed E-state index contributed by atoms with van der Waals surface area (Å²) in [4.78, 5) is 12.2. The Morgan fingerprint density at radius 1 is 1.21 bits per heavy atom. The van der Waals surface area contributed by atoms with Crippen molar-refractivity contribution in [1.29, 1.82) is 0 Å². The quantitative estimate of drug-likeness (QED) is 0.487. The Labute approximate surface area is 188 Å². The second-order valence-electron chi connectivity index (χ2n) is 5.86. The lowest BCUT2D eigenvalue weighted by Gasteiger charge is -2.23. The van der Waals surface area contributed by atoms with E-state index in [2.05, 4.69) is 21.2 Å². The van der Waals surface area contributed by atoms with E-state index in [-0.39, 0.29) is 12.5 Å². The number of hydrogen-bond donors (Lipinski definition) is 1. The minimum absolute atomic E-state index is 0.283. The molecule has 0 saturated carbocycles. The Hall–Kier alpha value is -0.930. The molecule has 0 fully saturated rings. The molecule has 2 aromatic carbocycles. The number of para-hydroxylation sites is 1. The van der Waals surface area contributed by atoms with Crippen molar-refractivity contribution in [1.82, 2.24) is 5.32 Å². The number of rotatable bonds is 9. The van der Waals surface area contributed by atoms with E-state index in [0.717, 1.165) is 16.1 Å². The van der Waals surface area contributed by atoms with Gasteiger partial charge < -0.3 is 5.32 Å². The van der Waals surface area contributed by atoms with E-state index in [1.54, 1.807) is 48.2 Å². The van der Waals surface area contributed by atoms with Crippen LogP contribution in [-0.2, 0) is 20.6 Å². The number of sulfonamides is 1. The fourth-order valence-electron chi connectivity index (χ4n) is 2.30. The third kappa shape index (κ3) is 7.15. The van der Waals surface area contributed by atoms with Crippen molar-refractivity contribution >= 4 is 72.5 Å². The van der Waals surface area contributed by atoms with Gasteiger partial charge in [-0.05, 0) is 45.8 Å². The van der Waals surface area contributed by atoms with Crippen molar-refractivity contribution in [2.24, 2.45) is 0 Å². The van der Waals surface area contributed by atoms with Gasteiger partial charge in [-0.3, -0.25) is 9.10 Å². The summed E-state index contributed by atoms with van der Waals surface area (Å²) in [7, 11) is -3.60. The number of hydrogen-bond acceptors (Lipinski definition) is 4. The SMILES string of the molecule is CS(=O)(=O)N(CC(=O)NCCSCc1ccc(Cl)cc1Cl)c1ccccc1Br. The van der Waals surface area contributed by atoms with Gasteiger partial charge in [0.1, 0.15) is 6.54 Å². The number of halogens is 3. The molecule has 10 heteroatoms. The van der Waals surface area contributed by atoms with Crippen LogP contribution < -0.4 is 9.62 Å². The first-order chi connectivity index (χ1) is 13.2. The highest BCUT2D eigenvalue weighted by atomic mass is 79.9. The molecular formula is C18H19BrCl2N2O3S2. The molecular weight excluding hydrogens is 507 g/mol. The predicted molar refractivity (Wildman–Crippen MR) is 122 cm³/mol. The molecule has 0 radical (unpaired) electrons. The first-order valence-electron chi connectivity index (χ1n) is 8.19. The zero-order valence-electron chi connectivity index (χ0n) is 15.0. The number of thioether (sulfide) groups is 1. The number of anilines is 1. The molecule has 0 unspecified atom stereocenters. The summed E-state index contributed by atoms with van der Waals surface area (Å²) < 4.78 is 25.9. The Balaban J connectivity index is 1.84. The van der Waals surface area contributed by atoms with E-state index < -0.39 is 10.0 Å². The van der Waals surface area contributed by atoms with Crippen LogP contribution in [0.3, 0.4) is 0 Å². The Bertz CT molecular complexity index is 942. The van der Waals surface area contributed by atoms with Crippen LogP contribution in [0.15, 0.2) is 46.9 Å². The van der Waals surface area contributed by atoms with Crippen LogP contribution in [0.25, 0.3) is 0 Å². The van der Waals surface area contributed by atoms with Crippen molar-refractivity contribution in [3.05, 3.63) is 62.5 Å². The molecule has 2 aromatic rings. The van der Waals surface area contributed by atoms with Gasteiger partial charge in [0.2, 0.25) is 15.9 Å². The standard InChI is InChI=1S/C18H19BrCl2N2O3S2/c1-28(25,26)23(17-5-3-2-4-15(17)19)11-18(24)22-8-9-27-12-13-6-7-14(20)10-16(13)21/h2-7,10H,8-9,11-12H2,1H3,(H,22,24).